The van der Waals surface area contributed by atoms with Crippen LogP contribution in [0.3, 0.4) is 0 Å². The largest absolute Gasteiger partial charge is 0.465 e. The van der Waals surface area contributed by atoms with Crippen LogP contribution in [-0.4, -0.2) is 19.1 Å². The van der Waals surface area contributed by atoms with Crippen LogP contribution in [-0.2, 0) is 4.74 Å². The van der Waals surface area contributed by atoms with E-state index in [-0.39, 0.29) is 5.97 Å². The number of benzene rings is 1. The molecule has 3 nitrogen and oxygen atoms in total. The maximum absolute atomic E-state index is 11.7. The lowest BCUT2D eigenvalue weighted by molar-refractivity contribution is 0.0602. The Hall–Kier alpha value is -1.22. The third-order valence-electron chi connectivity index (χ3n) is 3.88. The molecule has 0 saturated heterocycles. The van der Waals surface area contributed by atoms with E-state index in [0.29, 0.717) is 22.5 Å². The van der Waals surface area contributed by atoms with Crippen molar-refractivity contribution >= 4 is 23.3 Å². The number of carbonyl (C=O) groups excluding carboxylic acids is 1. The third-order valence-corrected chi connectivity index (χ3v) is 4.11. The molecule has 1 aromatic rings. The van der Waals surface area contributed by atoms with Crippen LogP contribution in [0.4, 0.5) is 5.69 Å². The Balaban J connectivity index is 2.17. The molecule has 2 rings (SSSR count). The van der Waals surface area contributed by atoms with E-state index >= 15 is 0 Å². The highest BCUT2D eigenvalue weighted by Gasteiger charge is 2.23. The van der Waals surface area contributed by atoms with Crippen molar-refractivity contribution in [2.75, 3.05) is 12.4 Å². The van der Waals surface area contributed by atoms with E-state index in [4.69, 9.17) is 16.3 Å². The number of hydrogen-bond donors (Lipinski definition) is 1. The fourth-order valence-corrected chi connectivity index (χ4v) is 2.92. The first kappa shape index (κ1) is 14.2. The molecule has 1 saturated carbocycles. The van der Waals surface area contributed by atoms with Gasteiger partial charge in [-0.2, -0.15) is 0 Å². The van der Waals surface area contributed by atoms with Crippen LogP contribution < -0.4 is 5.32 Å². The van der Waals surface area contributed by atoms with Crippen LogP contribution in [0.15, 0.2) is 18.2 Å². The Morgan fingerprint density at radius 1 is 1.42 bits per heavy atom. The maximum atomic E-state index is 11.7. The Labute approximate surface area is 119 Å². The summed E-state index contributed by atoms with van der Waals surface area (Å²) < 4.78 is 4.80. The van der Waals surface area contributed by atoms with Crippen LogP contribution in [0.2, 0.25) is 5.02 Å². The molecule has 0 aliphatic heterocycles. The van der Waals surface area contributed by atoms with Crippen molar-refractivity contribution in [2.24, 2.45) is 5.92 Å². The molecule has 1 fully saturated rings. The molecule has 19 heavy (non-hydrogen) atoms. The first-order valence-electron chi connectivity index (χ1n) is 6.76. The zero-order valence-electron chi connectivity index (χ0n) is 11.4. The van der Waals surface area contributed by atoms with Gasteiger partial charge in [0.2, 0.25) is 0 Å². The predicted molar refractivity (Wildman–Crippen MR) is 77.8 cm³/mol. The van der Waals surface area contributed by atoms with Gasteiger partial charge in [-0.1, -0.05) is 24.4 Å². The molecule has 1 aromatic carbocycles. The molecule has 1 N–H and O–H groups in total. The smallest absolute Gasteiger partial charge is 0.339 e. The molecule has 0 radical (unpaired) electrons. The third kappa shape index (κ3) is 3.41. The van der Waals surface area contributed by atoms with Gasteiger partial charge in [0.25, 0.3) is 0 Å². The van der Waals surface area contributed by atoms with Gasteiger partial charge in [-0.15, -0.1) is 0 Å². The molecular formula is C15H20ClNO2. The van der Waals surface area contributed by atoms with Gasteiger partial charge in [0.15, 0.2) is 0 Å². The number of carbonyl (C=O) groups is 1. The van der Waals surface area contributed by atoms with Crippen LogP contribution in [0.1, 0.15) is 43.0 Å². The summed E-state index contributed by atoms with van der Waals surface area (Å²) in [5, 5.41) is 4.04. The number of halogens is 1. The van der Waals surface area contributed by atoms with E-state index in [9.17, 15) is 4.79 Å². The lowest BCUT2D eigenvalue weighted by Crippen LogP contribution is -2.25. The van der Waals surface area contributed by atoms with Crippen molar-refractivity contribution in [1.82, 2.24) is 0 Å². The van der Waals surface area contributed by atoms with Crippen LogP contribution in [0.5, 0.6) is 0 Å². The van der Waals surface area contributed by atoms with Crippen molar-refractivity contribution in [3.8, 4) is 0 Å². The average Bonchev–Trinajstić information content (AvgIpc) is 2.92. The second kappa shape index (κ2) is 6.29. The van der Waals surface area contributed by atoms with Crippen LogP contribution in [0.25, 0.3) is 0 Å². The van der Waals surface area contributed by atoms with E-state index in [0.717, 1.165) is 5.69 Å². The summed E-state index contributed by atoms with van der Waals surface area (Å²) in [4.78, 5) is 11.7. The van der Waals surface area contributed by atoms with Gasteiger partial charge < -0.3 is 10.1 Å². The van der Waals surface area contributed by atoms with Crippen molar-refractivity contribution in [2.45, 2.75) is 38.6 Å². The fourth-order valence-electron chi connectivity index (χ4n) is 2.74. The van der Waals surface area contributed by atoms with Crippen molar-refractivity contribution in [3.63, 3.8) is 0 Å². The molecule has 4 heteroatoms. The summed E-state index contributed by atoms with van der Waals surface area (Å²) in [6.07, 6.45) is 5.11. The van der Waals surface area contributed by atoms with Gasteiger partial charge in [-0.05, 0) is 43.9 Å². The highest BCUT2D eigenvalue weighted by Crippen LogP contribution is 2.30. The molecule has 0 bridgehead atoms. The zero-order valence-corrected chi connectivity index (χ0v) is 12.2. The summed E-state index contributed by atoms with van der Waals surface area (Å²) in [6.45, 7) is 2.16. The first-order chi connectivity index (χ1) is 9.11. The number of hydrogen-bond acceptors (Lipinski definition) is 3. The van der Waals surface area contributed by atoms with Crippen LogP contribution >= 0.6 is 11.6 Å². The highest BCUT2D eigenvalue weighted by atomic mass is 35.5. The molecule has 104 valence electrons. The molecule has 0 aromatic heterocycles. The van der Waals surface area contributed by atoms with Crippen molar-refractivity contribution in [1.29, 1.82) is 0 Å². The molecule has 1 unspecified atom stereocenters. The lowest BCUT2D eigenvalue weighted by atomic mass is 9.99. The fraction of sp³-hybridized carbons (Fsp3) is 0.533. The molecule has 0 spiro atoms. The molecular weight excluding hydrogens is 262 g/mol. The van der Waals surface area contributed by atoms with E-state index in [1.807, 2.05) is 0 Å². The van der Waals surface area contributed by atoms with Crippen LogP contribution in [0, 0.1) is 5.92 Å². The SMILES string of the molecule is COC(=O)c1ccc(Cl)cc1NC(C)C1CCCC1. The van der Waals surface area contributed by atoms with Gasteiger partial charge in [0, 0.05) is 11.1 Å². The topological polar surface area (TPSA) is 38.3 Å². The van der Waals surface area contributed by atoms with Crippen molar-refractivity contribution < 1.29 is 9.53 Å². The van der Waals surface area contributed by atoms with Gasteiger partial charge in [0.1, 0.15) is 0 Å². The minimum atomic E-state index is -0.335. The van der Waals surface area contributed by atoms with E-state index in [2.05, 4.69) is 12.2 Å². The Kier molecular flexibility index (Phi) is 4.70. The number of esters is 1. The van der Waals surface area contributed by atoms with Gasteiger partial charge >= 0.3 is 5.97 Å². The first-order valence-corrected chi connectivity index (χ1v) is 7.14. The normalized spacial score (nSPS) is 17.2. The second-order valence-corrected chi connectivity index (χ2v) is 5.60. The van der Waals surface area contributed by atoms with Gasteiger partial charge in [-0.25, -0.2) is 4.79 Å². The molecule has 0 heterocycles. The summed E-state index contributed by atoms with van der Waals surface area (Å²) >= 11 is 6.02. The number of rotatable bonds is 4. The van der Waals surface area contributed by atoms with E-state index < -0.39 is 0 Å². The monoisotopic (exact) mass is 281 g/mol. The summed E-state index contributed by atoms with van der Waals surface area (Å²) in [5.41, 5.74) is 1.30. The number of anilines is 1. The Morgan fingerprint density at radius 2 is 2.11 bits per heavy atom. The molecule has 1 aliphatic carbocycles. The van der Waals surface area contributed by atoms with Gasteiger partial charge in [0.05, 0.1) is 18.4 Å². The average molecular weight is 282 g/mol. The molecule has 0 amide bonds. The quantitative estimate of drug-likeness (QED) is 0.844. The minimum Gasteiger partial charge on any atom is -0.465 e. The highest BCUT2D eigenvalue weighted by molar-refractivity contribution is 6.31. The zero-order chi connectivity index (χ0) is 13.8. The summed E-state index contributed by atoms with van der Waals surface area (Å²) in [7, 11) is 1.39. The predicted octanol–water partition coefficient (Wildman–Crippen LogP) is 4.12. The molecule has 1 atom stereocenters. The molecule has 1 aliphatic rings. The number of methoxy groups -OCH3 is 1. The Bertz CT molecular complexity index is 455. The van der Waals surface area contributed by atoms with Crippen molar-refractivity contribution in [3.05, 3.63) is 28.8 Å². The summed E-state index contributed by atoms with van der Waals surface area (Å²) in [5.74, 6) is 0.335. The standard InChI is InChI=1S/C15H20ClNO2/c1-10(11-5-3-4-6-11)17-14-9-12(16)7-8-13(14)15(18)19-2/h7-11,17H,3-6H2,1-2H3. The lowest BCUT2D eigenvalue weighted by Gasteiger charge is -2.23. The Morgan fingerprint density at radius 3 is 2.74 bits per heavy atom. The minimum absolute atomic E-state index is 0.335. The van der Waals surface area contributed by atoms with Gasteiger partial charge in [-0.3, -0.25) is 0 Å². The number of ether oxygens (including phenoxy) is 1. The van der Waals surface area contributed by atoms with E-state index in [1.165, 1.54) is 32.8 Å². The second-order valence-electron chi connectivity index (χ2n) is 5.16. The van der Waals surface area contributed by atoms with E-state index in [1.54, 1.807) is 18.2 Å². The maximum Gasteiger partial charge on any atom is 0.339 e. The summed E-state index contributed by atoms with van der Waals surface area (Å²) in [6, 6.07) is 5.54. The number of nitrogens with one attached hydrogen (secondary N) is 1.